The first-order valence-electron chi connectivity index (χ1n) is 9.71. The Bertz CT molecular complexity index is 1530. The second kappa shape index (κ2) is 8.19. The van der Waals surface area contributed by atoms with E-state index in [2.05, 4.69) is 36.8 Å². The minimum atomic E-state index is -0.777. The second-order valence-corrected chi connectivity index (χ2v) is 10.2. The van der Waals surface area contributed by atoms with Gasteiger partial charge in [-0.3, -0.25) is 14.5 Å². The van der Waals surface area contributed by atoms with E-state index in [1.54, 1.807) is 25.1 Å². The minimum absolute atomic E-state index is 0.0349. The van der Waals surface area contributed by atoms with Crippen LogP contribution < -0.4 is 10.3 Å². The van der Waals surface area contributed by atoms with E-state index < -0.39 is 17.9 Å². The number of anilines is 1. The third-order valence-electron chi connectivity index (χ3n) is 5.36. The van der Waals surface area contributed by atoms with Gasteiger partial charge >= 0.3 is 5.97 Å². The molecular weight excluding hydrogens is 576 g/mol. The van der Waals surface area contributed by atoms with Crippen molar-refractivity contribution >= 4 is 71.2 Å². The zero-order valence-corrected chi connectivity index (χ0v) is 21.2. The number of ether oxygens (including phenoxy) is 1. The summed E-state index contributed by atoms with van der Waals surface area (Å²) in [7, 11) is 1.29. The molecule has 0 radical (unpaired) electrons. The van der Waals surface area contributed by atoms with Crippen molar-refractivity contribution in [1.82, 2.24) is 4.98 Å². The number of fused-ring (bicyclic) bond motifs is 2. The van der Waals surface area contributed by atoms with Gasteiger partial charge in [0.25, 0.3) is 5.91 Å². The molecule has 1 unspecified atom stereocenters. The van der Waals surface area contributed by atoms with Gasteiger partial charge in [0.1, 0.15) is 10.5 Å². The van der Waals surface area contributed by atoms with E-state index in [1.807, 2.05) is 24.3 Å². The molecule has 0 N–H and O–H groups in total. The SMILES string of the molecule is COC(=O)c1sc(N2C(=O)c3oc4ccc(Br)cc4c(=O)c3C2c2cccc(Br)c2)nc1C. The van der Waals surface area contributed by atoms with Gasteiger partial charge < -0.3 is 9.15 Å². The maximum absolute atomic E-state index is 13.6. The van der Waals surface area contributed by atoms with Crippen LogP contribution in [0.15, 0.2) is 60.6 Å². The summed E-state index contributed by atoms with van der Waals surface area (Å²) in [6.07, 6.45) is 0. The van der Waals surface area contributed by atoms with Gasteiger partial charge in [-0.2, -0.15) is 0 Å². The topological polar surface area (TPSA) is 89.7 Å². The van der Waals surface area contributed by atoms with Crippen LogP contribution in [0.5, 0.6) is 0 Å². The minimum Gasteiger partial charge on any atom is -0.465 e. The van der Waals surface area contributed by atoms with Crippen molar-refractivity contribution in [3.8, 4) is 0 Å². The lowest BCUT2D eigenvalue weighted by atomic mass is 9.99. The van der Waals surface area contributed by atoms with Gasteiger partial charge in [0.05, 0.1) is 29.8 Å². The maximum atomic E-state index is 13.6. The quantitative estimate of drug-likeness (QED) is 0.288. The number of aryl methyl sites for hydroxylation is 1. The fraction of sp³-hybridized carbons (Fsp3) is 0.130. The number of thiazole rings is 1. The van der Waals surface area contributed by atoms with Crippen molar-refractivity contribution in [3.05, 3.63) is 89.1 Å². The first-order chi connectivity index (χ1) is 15.8. The van der Waals surface area contributed by atoms with Crippen molar-refractivity contribution < 1.29 is 18.7 Å². The molecule has 1 aliphatic rings. The van der Waals surface area contributed by atoms with Crippen molar-refractivity contribution in [2.75, 3.05) is 12.0 Å². The van der Waals surface area contributed by atoms with E-state index in [0.29, 0.717) is 22.2 Å². The number of amides is 1. The van der Waals surface area contributed by atoms with Crippen molar-refractivity contribution in [2.24, 2.45) is 0 Å². The molecule has 0 aliphatic carbocycles. The zero-order chi connectivity index (χ0) is 23.4. The molecule has 0 spiro atoms. The average molecular weight is 590 g/mol. The Balaban J connectivity index is 1.80. The van der Waals surface area contributed by atoms with E-state index in [4.69, 9.17) is 9.15 Å². The summed E-state index contributed by atoms with van der Waals surface area (Å²) in [5.74, 6) is -1.07. The van der Waals surface area contributed by atoms with Crippen LogP contribution in [-0.4, -0.2) is 24.0 Å². The van der Waals surface area contributed by atoms with Gasteiger partial charge in [0, 0.05) is 8.95 Å². The molecule has 3 heterocycles. The Morgan fingerprint density at radius 1 is 1.15 bits per heavy atom. The molecule has 7 nitrogen and oxygen atoms in total. The molecular formula is C23H14Br2N2O5S. The number of halogens is 2. The van der Waals surface area contributed by atoms with Crippen LogP contribution in [0.1, 0.15) is 43.1 Å². The van der Waals surface area contributed by atoms with Crippen molar-refractivity contribution in [1.29, 1.82) is 0 Å². The molecule has 33 heavy (non-hydrogen) atoms. The Labute approximate surface area is 208 Å². The summed E-state index contributed by atoms with van der Waals surface area (Å²) in [5.41, 5.74) is 1.39. The Morgan fingerprint density at radius 2 is 1.91 bits per heavy atom. The fourth-order valence-corrected chi connectivity index (χ4v) is 5.69. The number of carbonyl (C=O) groups excluding carboxylic acids is 2. The number of aromatic nitrogens is 1. The smallest absolute Gasteiger partial charge is 0.350 e. The summed E-state index contributed by atoms with van der Waals surface area (Å²) < 4.78 is 12.3. The zero-order valence-electron chi connectivity index (χ0n) is 17.2. The second-order valence-electron chi connectivity index (χ2n) is 7.35. The first kappa shape index (κ1) is 22.0. The fourth-order valence-electron chi connectivity index (χ4n) is 3.90. The van der Waals surface area contributed by atoms with Crippen LogP contribution in [0.4, 0.5) is 5.13 Å². The van der Waals surface area contributed by atoms with Gasteiger partial charge in [-0.05, 0) is 42.8 Å². The summed E-state index contributed by atoms with van der Waals surface area (Å²) in [5, 5.41) is 0.641. The highest BCUT2D eigenvalue weighted by Crippen LogP contribution is 2.43. The third kappa shape index (κ3) is 3.53. The molecule has 0 saturated heterocycles. The predicted molar refractivity (Wildman–Crippen MR) is 131 cm³/mol. The number of nitrogens with zero attached hydrogens (tertiary/aromatic N) is 2. The number of benzene rings is 2. The lowest BCUT2D eigenvalue weighted by molar-refractivity contribution is 0.0605. The van der Waals surface area contributed by atoms with Gasteiger partial charge in [0.2, 0.25) is 5.76 Å². The van der Waals surface area contributed by atoms with Crippen LogP contribution in [0.25, 0.3) is 11.0 Å². The van der Waals surface area contributed by atoms with E-state index in [1.165, 1.54) is 12.0 Å². The molecule has 0 bridgehead atoms. The van der Waals surface area contributed by atoms with E-state index in [9.17, 15) is 14.4 Å². The monoisotopic (exact) mass is 588 g/mol. The molecule has 2 aromatic carbocycles. The number of rotatable bonds is 3. The van der Waals surface area contributed by atoms with E-state index in [-0.39, 0.29) is 26.8 Å². The molecule has 4 aromatic rings. The van der Waals surface area contributed by atoms with Gasteiger partial charge in [-0.25, -0.2) is 9.78 Å². The van der Waals surface area contributed by atoms with Crippen LogP contribution in [0, 0.1) is 6.92 Å². The molecule has 10 heteroatoms. The number of methoxy groups -OCH3 is 1. The van der Waals surface area contributed by atoms with Gasteiger partial charge in [-0.15, -0.1) is 0 Å². The molecule has 0 fully saturated rings. The van der Waals surface area contributed by atoms with E-state index >= 15 is 0 Å². The summed E-state index contributed by atoms with van der Waals surface area (Å²) in [6, 6.07) is 11.6. The summed E-state index contributed by atoms with van der Waals surface area (Å²) >= 11 is 7.89. The highest BCUT2D eigenvalue weighted by atomic mass is 79.9. The number of hydrogen-bond donors (Lipinski definition) is 0. The Kier molecular flexibility index (Phi) is 5.46. The molecule has 0 saturated carbocycles. The molecule has 2 aromatic heterocycles. The van der Waals surface area contributed by atoms with Crippen molar-refractivity contribution in [3.63, 3.8) is 0 Å². The third-order valence-corrected chi connectivity index (χ3v) is 7.48. The van der Waals surface area contributed by atoms with Crippen LogP contribution in [-0.2, 0) is 4.74 Å². The normalized spacial score (nSPS) is 15.2. The van der Waals surface area contributed by atoms with E-state index in [0.717, 1.165) is 20.3 Å². The lowest BCUT2D eigenvalue weighted by Crippen LogP contribution is -2.29. The first-order valence-corrected chi connectivity index (χ1v) is 12.1. The van der Waals surface area contributed by atoms with Crippen molar-refractivity contribution in [2.45, 2.75) is 13.0 Å². The Hall–Kier alpha value is -2.82. The Morgan fingerprint density at radius 3 is 2.64 bits per heavy atom. The molecule has 1 amide bonds. The van der Waals surface area contributed by atoms with Gasteiger partial charge in [-0.1, -0.05) is 55.3 Å². The largest absolute Gasteiger partial charge is 0.465 e. The average Bonchev–Trinajstić information content (AvgIpc) is 3.31. The standard InChI is InChI=1S/C23H14Br2N2O5S/c1-10-20(22(30)31-2)33-23(26-10)27-17(11-4-3-5-12(24)8-11)16-18(28)14-9-13(25)6-7-15(14)32-19(16)21(27)29/h3-9,17H,1-2H3. The van der Waals surface area contributed by atoms with Gasteiger partial charge in [0.15, 0.2) is 10.6 Å². The lowest BCUT2D eigenvalue weighted by Gasteiger charge is -2.22. The maximum Gasteiger partial charge on any atom is 0.350 e. The van der Waals surface area contributed by atoms with Crippen LogP contribution >= 0.6 is 43.2 Å². The number of carbonyl (C=O) groups is 2. The molecule has 1 atom stereocenters. The summed E-state index contributed by atoms with van der Waals surface area (Å²) in [6.45, 7) is 1.67. The van der Waals surface area contributed by atoms with Crippen LogP contribution in [0.2, 0.25) is 0 Å². The number of esters is 1. The molecule has 166 valence electrons. The highest BCUT2D eigenvalue weighted by Gasteiger charge is 2.45. The predicted octanol–water partition coefficient (Wildman–Crippen LogP) is 5.62. The summed E-state index contributed by atoms with van der Waals surface area (Å²) in [4.78, 5) is 45.6. The van der Waals surface area contributed by atoms with Crippen LogP contribution in [0.3, 0.4) is 0 Å². The highest BCUT2D eigenvalue weighted by molar-refractivity contribution is 9.10. The number of hydrogen-bond acceptors (Lipinski definition) is 7. The molecule has 5 rings (SSSR count). The molecule has 1 aliphatic heterocycles.